The van der Waals surface area contributed by atoms with Crippen LogP contribution in [0.4, 0.5) is 0 Å². The molecule has 1 aromatic carbocycles. The average molecular weight is 398 g/mol. The van der Waals surface area contributed by atoms with Gasteiger partial charge in [0.1, 0.15) is 23.7 Å². The van der Waals surface area contributed by atoms with Crippen molar-refractivity contribution in [1.29, 1.82) is 0 Å². The minimum absolute atomic E-state index is 0.0236. The first-order valence-corrected chi connectivity index (χ1v) is 10.6. The van der Waals surface area contributed by atoms with Gasteiger partial charge < -0.3 is 14.2 Å². The summed E-state index contributed by atoms with van der Waals surface area (Å²) in [6.45, 7) is 7.88. The summed E-state index contributed by atoms with van der Waals surface area (Å²) >= 11 is 0. The number of rotatable bonds is 7. The molecule has 0 N–H and O–H groups in total. The van der Waals surface area contributed by atoms with Crippen molar-refractivity contribution in [2.24, 2.45) is 11.8 Å². The van der Waals surface area contributed by atoms with Gasteiger partial charge in [-0.25, -0.2) is 4.79 Å². The maximum atomic E-state index is 12.5. The molecule has 0 radical (unpaired) electrons. The number of ether oxygens (including phenoxy) is 3. The minimum atomic E-state index is -0.367. The number of allylic oxidation sites excluding steroid dienone is 1. The molecule has 1 heterocycles. The molecule has 4 unspecified atom stereocenters. The second-order valence-electron chi connectivity index (χ2n) is 7.83. The Morgan fingerprint density at radius 1 is 1.21 bits per heavy atom. The fourth-order valence-corrected chi connectivity index (χ4v) is 3.96. The van der Waals surface area contributed by atoms with Crippen LogP contribution in [-0.4, -0.2) is 24.1 Å². The van der Waals surface area contributed by atoms with Crippen LogP contribution in [0.2, 0.25) is 0 Å². The van der Waals surface area contributed by atoms with Crippen molar-refractivity contribution in [1.82, 2.24) is 0 Å². The number of carbonyl (C=O) groups is 2. The van der Waals surface area contributed by atoms with E-state index in [1.807, 2.05) is 13.0 Å². The van der Waals surface area contributed by atoms with Gasteiger partial charge in [-0.1, -0.05) is 32.9 Å². The summed E-state index contributed by atoms with van der Waals surface area (Å²) in [5, 5.41) is 0. The molecule has 4 atom stereocenters. The summed E-state index contributed by atoms with van der Waals surface area (Å²) in [4.78, 5) is 24.7. The van der Waals surface area contributed by atoms with Crippen LogP contribution in [0.25, 0.3) is 0 Å². The standard InChI is InChI=1S/C24H30O5/c1-4-6-17(5-2)23(25)28-20-12-10-19(11-13-20)24(26)29-21-14-9-18-8-7-16(3)27-22(18)15-21/h7-8,10-13,17-18,21-22H,3-6,9,14-15H2,1-2H3. The third-order valence-corrected chi connectivity index (χ3v) is 5.67. The molecule has 1 aliphatic heterocycles. The molecular weight excluding hydrogens is 368 g/mol. The predicted octanol–water partition coefficient (Wildman–Crippen LogP) is 5.21. The van der Waals surface area contributed by atoms with E-state index < -0.39 is 0 Å². The maximum Gasteiger partial charge on any atom is 0.338 e. The van der Waals surface area contributed by atoms with Gasteiger partial charge in [0.25, 0.3) is 0 Å². The average Bonchev–Trinajstić information content (AvgIpc) is 2.72. The molecule has 0 spiro atoms. The highest BCUT2D eigenvalue weighted by Gasteiger charge is 2.34. The third kappa shape index (κ3) is 5.49. The molecule has 3 rings (SSSR count). The van der Waals surface area contributed by atoms with Gasteiger partial charge in [-0.3, -0.25) is 4.79 Å². The molecule has 5 nitrogen and oxygen atoms in total. The second-order valence-corrected chi connectivity index (χ2v) is 7.83. The zero-order valence-electron chi connectivity index (χ0n) is 17.3. The van der Waals surface area contributed by atoms with Crippen LogP contribution < -0.4 is 4.74 Å². The van der Waals surface area contributed by atoms with Crippen molar-refractivity contribution in [3.05, 3.63) is 54.3 Å². The molecule has 2 aliphatic rings. The Kier molecular flexibility index (Phi) is 7.13. The zero-order valence-corrected chi connectivity index (χ0v) is 17.3. The van der Waals surface area contributed by atoms with Gasteiger partial charge in [0.2, 0.25) is 0 Å². The number of fused-ring (bicyclic) bond motifs is 1. The van der Waals surface area contributed by atoms with Gasteiger partial charge >= 0.3 is 11.9 Å². The van der Waals surface area contributed by atoms with Gasteiger partial charge in [0.15, 0.2) is 0 Å². The van der Waals surface area contributed by atoms with E-state index in [9.17, 15) is 9.59 Å². The van der Waals surface area contributed by atoms with Crippen molar-refractivity contribution < 1.29 is 23.8 Å². The van der Waals surface area contributed by atoms with E-state index in [4.69, 9.17) is 14.2 Å². The van der Waals surface area contributed by atoms with Crippen LogP contribution in [0.3, 0.4) is 0 Å². The minimum Gasteiger partial charge on any atom is -0.490 e. The highest BCUT2D eigenvalue weighted by atomic mass is 16.5. The number of esters is 2. The first-order chi connectivity index (χ1) is 14.0. The predicted molar refractivity (Wildman–Crippen MR) is 110 cm³/mol. The first kappa shape index (κ1) is 21.2. The van der Waals surface area contributed by atoms with Crippen LogP contribution in [0.1, 0.15) is 62.7 Å². The Bertz CT molecular complexity index is 764. The van der Waals surface area contributed by atoms with E-state index in [0.29, 0.717) is 29.4 Å². The SMILES string of the molecule is C=C1C=CC2CCC(OC(=O)c3ccc(OC(=O)C(CC)CCC)cc3)CC2O1. The first-order valence-electron chi connectivity index (χ1n) is 10.6. The lowest BCUT2D eigenvalue weighted by Crippen LogP contribution is -2.36. The van der Waals surface area contributed by atoms with Crippen molar-refractivity contribution in [3.63, 3.8) is 0 Å². The van der Waals surface area contributed by atoms with E-state index in [1.54, 1.807) is 24.3 Å². The van der Waals surface area contributed by atoms with E-state index >= 15 is 0 Å². The Morgan fingerprint density at radius 3 is 2.66 bits per heavy atom. The molecule has 29 heavy (non-hydrogen) atoms. The van der Waals surface area contributed by atoms with Crippen LogP contribution in [-0.2, 0) is 14.3 Å². The van der Waals surface area contributed by atoms with Gasteiger partial charge in [0, 0.05) is 12.3 Å². The van der Waals surface area contributed by atoms with Crippen LogP contribution in [0.5, 0.6) is 5.75 Å². The molecule has 0 aromatic heterocycles. The fourth-order valence-electron chi connectivity index (χ4n) is 3.96. The lowest BCUT2D eigenvalue weighted by molar-refractivity contribution is -0.139. The summed E-state index contributed by atoms with van der Waals surface area (Å²) in [5.41, 5.74) is 0.446. The van der Waals surface area contributed by atoms with E-state index in [1.165, 1.54) is 0 Å². The van der Waals surface area contributed by atoms with Crippen molar-refractivity contribution in [2.75, 3.05) is 0 Å². The number of carbonyl (C=O) groups excluding carboxylic acids is 2. The lowest BCUT2D eigenvalue weighted by atomic mass is 9.83. The Balaban J connectivity index is 1.53. The topological polar surface area (TPSA) is 61.8 Å². The number of benzene rings is 1. The Morgan fingerprint density at radius 2 is 1.97 bits per heavy atom. The maximum absolute atomic E-state index is 12.5. The van der Waals surface area contributed by atoms with Crippen molar-refractivity contribution in [2.45, 2.75) is 64.6 Å². The molecule has 0 bridgehead atoms. The third-order valence-electron chi connectivity index (χ3n) is 5.67. The molecule has 5 heteroatoms. The van der Waals surface area contributed by atoms with Crippen molar-refractivity contribution in [3.8, 4) is 5.75 Å². The van der Waals surface area contributed by atoms with Gasteiger partial charge in [-0.2, -0.15) is 0 Å². The highest BCUT2D eigenvalue weighted by molar-refractivity contribution is 5.89. The van der Waals surface area contributed by atoms with Gasteiger partial charge in [0.05, 0.1) is 11.5 Å². The summed E-state index contributed by atoms with van der Waals surface area (Å²) in [6.07, 6.45) is 8.84. The summed E-state index contributed by atoms with van der Waals surface area (Å²) < 4.78 is 16.9. The second kappa shape index (κ2) is 9.77. The monoisotopic (exact) mass is 398 g/mol. The summed E-state index contributed by atoms with van der Waals surface area (Å²) in [7, 11) is 0. The molecule has 156 valence electrons. The van der Waals surface area contributed by atoms with E-state index in [2.05, 4.69) is 19.6 Å². The summed E-state index contributed by atoms with van der Waals surface area (Å²) in [5.74, 6) is 0.797. The van der Waals surface area contributed by atoms with Crippen LogP contribution in [0.15, 0.2) is 48.8 Å². The fraction of sp³-hybridized carbons (Fsp3) is 0.500. The molecule has 1 aromatic rings. The zero-order chi connectivity index (χ0) is 20.8. The Labute approximate surface area is 172 Å². The van der Waals surface area contributed by atoms with Crippen LogP contribution in [0, 0.1) is 11.8 Å². The number of hydrogen-bond donors (Lipinski definition) is 0. The smallest absolute Gasteiger partial charge is 0.338 e. The van der Waals surface area contributed by atoms with E-state index in [0.717, 1.165) is 32.1 Å². The van der Waals surface area contributed by atoms with Crippen LogP contribution >= 0.6 is 0 Å². The molecular formula is C24H30O5. The van der Waals surface area contributed by atoms with Gasteiger partial charge in [-0.05, 0) is 56.0 Å². The molecule has 1 aliphatic carbocycles. The van der Waals surface area contributed by atoms with E-state index in [-0.39, 0.29) is 30.1 Å². The normalized spacial score (nSPS) is 24.2. The van der Waals surface area contributed by atoms with Crippen molar-refractivity contribution >= 4 is 11.9 Å². The largest absolute Gasteiger partial charge is 0.490 e. The molecule has 0 saturated heterocycles. The lowest BCUT2D eigenvalue weighted by Gasteiger charge is -2.36. The molecule has 1 saturated carbocycles. The number of hydrogen-bond acceptors (Lipinski definition) is 5. The molecule has 0 amide bonds. The molecule has 1 fully saturated rings. The summed E-state index contributed by atoms with van der Waals surface area (Å²) in [6, 6.07) is 6.56. The van der Waals surface area contributed by atoms with Gasteiger partial charge in [-0.15, -0.1) is 0 Å². The quantitative estimate of drug-likeness (QED) is 0.466. The Hall–Kier alpha value is -2.56. The highest BCUT2D eigenvalue weighted by Crippen LogP contribution is 2.34.